The molecule has 0 saturated heterocycles. The van der Waals surface area contributed by atoms with Crippen LogP contribution < -0.4 is 16.0 Å². The van der Waals surface area contributed by atoms with Crippen molar-refractivity contribution in [2.45, 2.75) is 57.7 Å². The van der Waals surface area contributed by atoms with Gasteiger partial charge in [0.15, 0.2) is 0 Å². The third-order valence-electron chi connectivity index (χ3n) is 3.62. The Morgan fingerprint density at radius 1 is 1.17 bits per heavy atom. The lowest BCUT2D eigenvalue weighted by Gasteiger charge is -2.21. The molecule has 0 unspecified atom stereocenters. The molecule has 2 rings (SSSR count). The van der Waals surface area contributed by atoms with Gasteiger partial charge in [-0.25, -0.2) is 14.8 Å². The van der Waals surface area contributed by atoms with Crippen molar-refractivity contribution in [3.05, 3.63) is 18.1 Å². The number of alkyl carbamates (subject to hydrolysis) is 1. The maximum Gasteiger partial charge on any atom is 0.407 e. The highest BCUT2D eigenvalue weighted by molar-refractivity contribution is 5.91. The van der Waals surface area contributed by atoms with Crippen LogP contribution in [0.2, 0.25) is 0 Å². The zero-order valence-electron chi connectivity index (χ0n) is 14.5. The molecule has 1 fully saturated rings. The first kappa shape index (κ1) is 18.0. The molecule has 0 spiro atoms. The fraction of sp³-hybridized carbons (Fsp3) is 0.625. The molecule has 8 nitrogen and oxygen atoms in total. The molecule has 0 aromatic carbocycles. The number of rotatable bonds is 4. The molecule has 1 aliphatic carbocycles. The molecule has 0 radical (unpaired) electrons. The highest BCUT2D eigenvalue weighted by Gasteiger charge is 2.27. The molecule has 0 aliphatic heterocycles. The van der Waals surface area contributed by atoms with Gasteiger partial charge in [0.2, 0.25) is 0 Å². The number of ether oxygens (including phenoxy) is 1. The fourth-order valence-corrected chi connectivity index (χ4v) is 2.57. The van der Waals surface area contributed by atoms with Gasteiger partial charge >= 0.3 is 6.09 Å². The van der Waals surface area contributed by atoms with Crippen LogP contribution in [0.4, 0.5) is 10.6 Å². The van der Waals surface area contributed by atoms with Crippen LogP contribution >= 0.6 is 0 Å². The summed E-state index contributed by atoms with van der Waals surface area (Å²) >= 11 is 0. The van der Waals surface area contributed by atoms with E-state index in [1.807, 2.05) is 20.8 Å². The lowest BCUT2D eigenvalue weighted by Crippen LogP contribution is -2.38. The molecule has 8 heteroatoms. The van der Waals surface area contributed by atoms with Crippen molar-refractivity contribution in [2.24, 2.45) is 0 Å². The van der Waals surface area contributed by atoms with Crippen LogP contribution in [-0.2, 0) is 4.74 Å². The number of hydrogen-bond donors (Lipinski definition) is 3. The molecule has 2 amide bonds. The summed E-state index contributed by atoms with van der Waals surface area (Å²) in [5.41, 5.74) is -0.221. The zero-order valence-corrected chi connectivity index (χ0v) is 14.5. The van der Waals surface area contributed by atoms with Gasteiger partial charge in [0.05, 0.1) is 12.4 Å². The number of carbonyl (C=O) groups excluding carboxylic acids is 2. The predicted molar refractivity (Wildman–Crippen MR) is 89.8 cm³/mol. The summed E-state index contributed by atoms with van der Waals surface area (Å²) in [6.45, 7) is 5.52. The second-order valence-corrected chi connectivity index (χ2v) is 6.86. The first-order valence-corrected chi connectivity index (χ1v) is 8.07. The molecule has 1 saturated carbocycles. The smallest absolute Gasteiger partial charge is 0.407 e. The number of amides is 2. The standard InChI is InChI=1S/C16H25N5O3/c1-16(2,3)24-15(23)21-11-6-5-10(7-11)20-13-9-18-12(8-19-13)14(22)17-4/h8-11H,5-7H2,1-4H3,(H,17,22)(H,19,20)(H,21,23)/t10-,11-/m0/s1. The summed E-state index contributed by atoms with van der Waals surface area (Å²) < 4.78 is 5.27. The molecule has 2 atom stereocenters. The lowest BCUT2D eigenvalue weighted by atomic mass is 10.2. The number of anilines is 1. The third-order valence-corrected chi connectivity index (χ3v) is 3.62. The van der Waals surface area contributed by atoms with Gasteiger partial charge in [0.25, 0.3) is 5.91 Å². The van der Waals surface area contributed by atoms with Crippen molar-refractivity contribution >= 4 is 17.8 Å². The van der Waals surface area contributed by atoms with Crippen LogP contribution in [0.25, 0.3) is 0 Å². The number of aromatic nitrogens is 2. The number of hydrogen-bond acceptors (Lipinski definition) is 6. The van der Waals surface area contributed by atoms with Gasteiger partial charge in [-0.2, -0.15) is 0 Å². The SMILES string of the molecule is CNC(=O)c1cnc(N[C@H]2CC[C@H](NC(=O)OC(C)(C)C)C2)cn1. The van der Waals surface area contributed by atoms with E-state index in [0.717, 1.165) is 19.3 Å². The van der Waals surface area contributed by atoms with E-state index in [4.69, 9.17) is 4.74 Å². The van der Waals surface area contributed by atoms with Crippen molar-refractivity contribution in [2.75, 3.05) is 12.4 Å². The summed E-state index contributed by atoms with van der Waals surface area (Å²) in [5, 5.41) is 8.67. The Morgan fingerprint density at radius 2 is 1.88 bits per heavy atom. The molecular formula is C16H25N5O3. The molecule has 24 heavy (non-hydrogen) atoms. The minimum absolute atomic E-state index is 0.0791. The first-order valence-electron chi connectivity index (χ1n) is 8.07. The molecule has 132 valence electrons. The topological polar surface area (TPSA) is 105 Å². The lowest BCUT2D eigenvalue weighted by molar-refractivity contribution is 0.0505. The summed E-state index contributed by atoms with van der Waals surface area (Å²) in [6.07, 6.45) is 5.17. The van der Waals surface area contributed by atoms with Gasteiger partial charge < -0.3 is 20.7 Å². The van der Waals surface area contributed by atoms with Crippen LogP contribution in [-0.4, -0.2) is 46.7 Å². The average Bonchev–Trinajstić information content (AvgIpc) is 2.92. The maximum atomic E-state index is 11.8. The molecule has 1 aliphatic rings. The maximum absolute atomic E-state index is 11.8. The van der Waals surface area contributed by atoms with E-state index >= 15 is 0 Å². The summed E-state index contributed by atoms with van der Waals surface area (Å²) in [6, 6.07) is 0.278. The molecule has 3 N–H and O–H groups in total. The van der Waals surface area contributed by atoms with Crippen molar-refractivity contribution in [1.29, 1.82) is 0 Å². The van der Waals surface area contributed by atoms with Crippen LogP contribution in [0.5, 0.6) is 0 Å². The van der Waals surface area contributed by atoms with E-state index in [-0.39, 0.29) is 29.8 Å². The third kappa shape index (κ3) is 5.36. The average molecular weight is 335 g/mol. The van der Waals surface area contributed by atoms with Crippen LogP contribution in [0.3, 0.4) is 0 Å². The van der Waals surface area contributed by atoms with Gasteiger partial charge in [-0.1, -0.05) is 0 Å². The van der Waals surface area contributed by atoms with Gasteiger partial charge in [-0.15, -0.1) is 0 Å². The Kier molecular flexibility index (Phi) is 5.58. The van der Waals surface area contributed by atoms with E-state index in [1.54, 1.807) is 13.2 Å². The highest BCUT2D eigenvalue weighted by Crippen LogP contribution is 2.22. The van der Waals surface area contributed by atoms with Gasteiger partial charge in [0, 0.05) is 19.1 Å². The summed E-state index contributed by atoms with van der Waals surface area (Å²) in [7, 11) is 1.55. The summed E-state index contributed by atoms with van der Waals surface area (Å²) in [4.78, 5) is 31.5. The Bertz CT molecular complexity index is 582. The monoisotopic (exact) mass is 335 g/mol. The minimum Gasteiger partial charge on any atom is -0.444 e. The second-order valence-electron chi connectivity index (χ2n) is 6.86. The van der Waals surface area contributed by atoms with Crippen LogP contribution in [0.15, 0.2) is 12.4 Å². The largest absolute Gasteiger partial charge is 0.444 e. The van der Waals surface area contributed by atoms with Gasteiger partial charge in [0.1, 0.15) is 17.1 Å². The van der Waals surface area contributed by atoms with E-state index in [1.165, 1.54) is 6.20 Å². The van der Waals surface area contributed by atoms with Gasteiger partial charge in [-0.3, -0.25) is 4.79 Å². The zero-order chi connectivity index (χ0) is 17.7. The van der Waals surface area contributed by atoms with Crippen LogP contribution in [0.1, 0.15) is 50.5 Å². The molecule has 1 heterocycles. The Morgan fingerprint density at radius 3 is 2.46 bits per heavy atom. The van der Waals surface area contributed by atoms with E-state index in [0.29, 0.717) is 5.82 Å². The van der Waals surface area contributed by atoms with Crippen molar-refractivity contribution in [1.82, 2.24) is 20.6 Å². The van der Waals surface area contributed by atoms with Crippen LogP contribution in [0, 0.1) is 0 Å². The van der Waals surface area contributed by atoms with Crippen molar-refractivity contribution in [3.63, 3.8) is 0 Å². The molecular weight excluding hydrogens is 310 g/mol. The molecule has 1 aromatic rings. The molecule has 0 bridgehead atoms. The van der Waals surface area contributed by atoms with Gasteiger partial charge in [-0.05, 0) is 40.0 Å². The predicted octanol–water partition coefficient (Wildman–Crippen LogP) is 1.69. The second kappa shape index (κ2) is 7.46. The quantitative estimate of drug-likeness (QED) is 0.773. The van der Waals surface area contributed by atoms with E-state index in [2.05, 4.69) is 25.9 Å². The number of nitrogens with zero attached hydrogens (tertiary/aromatic N) is 2. The van der Waals surface area contributed by atoms with Crippen molar-refractivity contribution in [3.8, 4) is 0 Å². The normalized spacial score (nSPS) is 20.3. The first-order chi connectivity index (χ1) is 11.3. The van der Waals surface area contributed by atoms with Crippen molar-refractivity contribution < 1.29 is 14.3 Å². The Labute approximate surface area is 141 Å². The number of nitrogens with one attached hydrogen (secondary N) is 3. The Hall–Kier alpha value is -2.38. The minimum atomic E-state index is -0.498. The summed E-state index contributed by atoms with van der Waals surface area (Å²) in [5.74, 6) is 0.349. The van der Waals surface area contributed by atoms with E-state index in [9.17, 15) is 9.59 Å². The number of carbonyl (C=O) groups is 2. The Balaban J connectivity index is 1.81. The van der Waals surface area contributed by atoms with E-state index < -0.39 is 5.60 Å². The molecule has 1 aromatic heterocycles. The fourth-order valence-electron chi connectivity index (χ4n) is 2.57. The highest BCUT2D eigenvalue weighted by atomic mass is 16.6.